The molecule has 1 aromatic carbocycles. The second kappa shape index (κ2) is 8.39. The Balaban J connectivity index is 2.31. The molecule has 0 amide bonds. The van der Waals surface area contributed by atoms with Gasteiger partial charge in [-0.25, -0.2) is 13.2 Å². The van der Waals surface area contributed by atoms with E-state index in [0.29, 0.717) is 34.9 Å². The predicted molar refractivity (Wildman–Crippen MR) is 95.2 cm³/mol. The monoisotopic (exact) mass is 389 g/mol. The quantitative estimate of drug-likeness (QED) is 0.543. The van der Waals surface area contributed by atoms with Crippen LogP contribution in [0.3, 0.4) is 0 Å². The third kappa shape index (κ3) is 4.66. The van der Waals surface area contributed by atoms with Gasteiger partial charge in [0.1, 0.15) is 12.4 Å². The molecule has 1 unspecified atom stereocenters. The lowest BCUT2D eigenvalue weighted by molar-refractivity contribution is -0.274. The zero-order valence-corrected chi connectivity index (χ0v) is 16.4. The van der Waals surface area contributed by atoms with Gasteiger partial charge in [-0.1, -0.05) is 0 Å². The Kier molecular flexibility index (Phi) is 6.72. The molecule has 0 aliphatic carbocycles. The number of carbonyl (C=O) groups excluding carboxylic acids is 1. The summed E-state index contributed by atoms with van der Waals surface area (Å²) in [4.78, 5) is 20.5. The maximum absolute atomic E-state index is 13.2. The number of sulfonamides is 1. The number of methoxy groups -OCH3 is 1. The van der Waals surface area contributed by atoms with Crippen LogP contribution in [0.25, 0.3) is 0 Å². The number of rotatable bonds is 6. The van der Waals surface area contributed by atoms with Gasteiger partial charge < -0.3 is 4.74 Å². The lowest BCUT2D eigenvalue weighted by atomic mass is 10.1. The third-order valence-corrected chi connectivity index (χ3v) is 7.20. The van der Waals surface area contributed by atoms with Crippen LogP contribution in [0.1, 0.15) is 18.1 Å². The average Bonchev–Trinajstić information content (AvgIpc) is 2.53. The highest BCUT2D eigenvalue weighted by Gasteiger charge is 2.36. The Bertz CT molecular complexity index is 711. The topological polar surface area (TPSA) is 82.1 Å². The molecular weight excluding hydrogens is 366 g/mol. The highest BCUT2D eigenvalue weighted by molar-refractivity contribution is 7.99. The van der Waals surface area contributed by atoms with Crippen molar-refractivity contribution in [1.82, 2.24) is 4.31 Å². The summed E-state index contributed by atoms with van der Waals surface area (Å²) in [6.45, 7) is 5.12. The van der Waals surface area contributed by atoms with Gasteiger partial charge in [-0.3, -0.25) is 4.89 Å². The van der Waals surface area contributed by atoms with E-state index in [1.165, 1.54) is 11.2 Å². The van der Waals surface area contributed by atoms with E-state index in [-0.39, 0.29) is 11.5 Å². The van der Waals surface area contributed by atoms with Gasteiger partial charge in [0.2, 0.25) is 10.0 Å². The minimum Gasteiger partial charge on any atom is -0.497 e. The molecule has 7 nitrogen and oxygen atoms in total. The summed E-state index contributed by atoms with van der Waals surface area (Å²) in [6.07, 6.45) is 0. The highest BCUT2D eigenvalue weighted by atomic mass is 32.2. The first-order chi connectivity index (χ1) is 11.8. The smallest absolute Gasteiger partial charge is 0.339 e. The van der Waals surface area contributed by atoms with Crippen molar-refractivity contribution >= 4 is 27.8 Å². The van der Waals surface area contributed by atoms with Crippen LogP contribution >= 0.6 is 11.8 Å². The Morgan fingerprint density at radius 1 is 1.32 bits per heavy atom. The molecular formula is C16H23NO6S2. The largest absolute Gasteiger partial charge is 0.497 e. The number of thioether (sulfide) groups is 1. The second-order valence-electron chi connectivity index (χ2n) is 5.79. The number of hydrogen-bond acceptors (Lipinski definition) is 7. The summed E-state index contributed by atoms with van der Waals surface area (Å²) in [5, 5.41) is 0. The van der Waals surface area contributed by atoms with Crippen molar-refractivity contribution in [3.63, 3.8) is 0 Å². The number of ether oxygens (including phenoxy) is 1. The predicted octanol–water partition coefficient (Wildman–Crippen LogP) is 1.91. The molecule has 9 heteroatoms. The van der Waals surface area contributed by atoms with Crippen molar-refractivity contribution in [2.75, 3.05) is 31.8 Å². The van der Waals surface area contributed by atoms with Gasteiger partial charge in [-0.2, -0.15) is 21.0 Å². The molecule has 1 saturated heterocycles. The molecule has 25 heavy (non-hydrogen) atoms. The fraction of sp³-hybridized carbons (Fsp3) is 0.562. The Hall–Kier alpha value is -1.29. The fourth-order valence-corrected chi connectivity index (χ4v) is 6.11. The van der Waals surface area contributed by atoms with E-state index in [2.05, 4.69) is 4.89 Å². The summed E-state index contributed by atoms with van der Waals surface area (Å²) in [7, 11) is -2.16. The van der Waals surface area contributed by atoms with Gasteiger partial charge in [0.15, 0.2) is 0 Å². The minimum absolute atomic E-state index is 0.0000594. The molecule has 1 aromatic rings. The Morgan fingerprint density at radius 2 is 1.96 bits per heavy atom. The maximum Gasteiger partial charge on any atom is 0.339 e. The van der Waals surface area contributed by atoms with E-state index in [1.807, 2.05) is 0 Å². The normalized spacial score (nSPS) is 18.8. The lowest BCUT2D eigenvalue weighted by Gasteiger charge is -2.34. The molecule has 0 spiro atoms. The van der Waals surface area contributed by atoms with Gasteiger partial charge in [0.05, 0.1) is 18.0 Å². The highest BCUT2D eigenvalue weighted by Crippen LogP contribution is 2.31. The molecule has 0 N–H and O–H groups in total. The van der Waals surface area contributed by atoms with Crippen LogP contribution in [-0.4, -0.2) is 56.5 Å². The molecule has 1 heterocycles. The summed E-state index contributed by atoms with van der Waals surface area (Å²) >= 11 is 1.64. The van der Waals surface area contributed by atoms with E-state index in [0.717, 1.165) is 0 Å². The van der Waals surface area contributed by atoms with Crippen LogP contribution < -0.4 is 4.74 Å². The molecule has 1 aliphatic heterocycles. The number of hydrogen-bond donors (Lipinski definition) is 0. The Labute approximate surface area is 152 Å². The van der Waals surface area contributed by atoms with Crippen LogP contribution in [0.15, 0.2) is 17.0 Å². The van der Waals surface area contributed by atoms with Crippen molar-refractivity contribution in [1.29, 1.82) is 0 Å². The molecule has 0 radical (unpaired) electrons. The van der Waals surface area contributed by atoms with Crippen LogP contribution in [0.5, 0.6) is 5.75 Å². The third-order valence-electron chi connectivity index (χ3n) is 3.85. The van der Waals surface area contributed by atoms with E-state index < -0.39 is 22.0 Å². The number of benzene rings is 1. The van der Waals surface area contributed by atoms with E-state index in [1.54, 1.807) is 44.9 Å². The molecule has 140 valence electrons. The van der Waals surface area contributed by atoms with Gasteiger partial charge in [0.25, 0.3) is 0 Å². The van der Waals surface area contributed by atoms with E-state index >= 15 is 0 Å². The van der Waals surface area contributed by atoms with Gasteiger partial charge >= 0.3 is 5.97 Å². The standard InChI is InChI=1S/C16H23NO6S2/c1-11-7-15(21-4)8-12(2)16(11)25(19,20)17-5-6-24-10-14(17)9-22-23-13(3)18/h7-8,14H,5-6,9-10H2,1-4H3. The van der Waals surface area contributed by atoms with Crippen molar-refractivity contribution in [2.45, 2.75) is 31.7 Å². The second-order valence-corrected chi connectivity index (χ2v) is 8.77. The summed E-state index contributed by atoms with van der Waals surface area (Å²) in [5.74, 6) is 1.34. The van der Waals surface area contributed by atoms with Crippen LogP contribution in [0.2, 0.25) is 0 Å². The summed E-state index contributed by atoms with van der Waals surface area (Å²) < 4.78 is 33.1. The van der Waals surface area contributed by atoms with Gasteiger partial charge in [0, 0.05) is 25.0 Å². The van der Waals surface area contributed by atoms with Crippen molar-refractivity contribution in [2.24, 2.45) is 0 Å². The molecule has 2 rings (SSSR count). The van der Waals surface area contributed by atoms with Gasteiger partial charge in [-0.05, 0) is 37.1 Å². The molecule has 1 aliphatic rings. The number of aryl methyl sites for hydroxylation is 2. The van der Waals surface area contributed by atoms with Crippen molar-refractivity contribution < 1.29 is 27.7 Å². The first-order valence-corrected chi connectivity index (χ1v) is 10.4. The van der Waals surface area contributed by atoms with E-state index in [4.69, 9.17) is 9.62 Å². The minimum atomic E-state index is -3.70. The molecule has 1 atom stereocenters. The molecule has 0 bridgehead atoms. The molecule has 1 fully saturated rings. The van der Waals surface area contributed by atoms with Crippen LogP contribution in [0, 0.1) is 13.8 Å². The van der Waals surface area contributed by atoms with Gasteiger partial charge in [-0.15, -0.1) is 0 Å². The van der Waals surface area contributed by atoms with Crippen molar-refractivity contribution in [3.8, 4) is 5.75 Å². The maximum atomic E-state index is 13.2. The molecule has 0 saturated carbocycles. The van der Waals surface area contributed by atoms with Crippen LogP contribution in [0.4, 0.5) is 0 Å². The van der Waals surface area contributed by atoms with Crippen molar-refractivity contribution in [3.05, 3.63) is 23.3 Å². The number of carbonyl (C=O) groups is 1. The molecule has 0 aromatic heterocycles. The Morgan fingerprint density at radius 3 is 2.52 bits per heavy atom. The summed E-state index contributed by atoms with van der Waals surface area (Å²) in [5.41, 5.74) is 1.27. The van der Waals surface area contributed by atoms with Crippen LogP contribution in [-0.2, 0) is 24.6 Å². The zero-order chi connectivity index (χ0) is 18.6. The van der Waals surface area contributed by atoms with E-state index in [9.17, 15) is 13.2 Å². The fourth-order valence-electron chi connectivity index (χ4n) is 2.84. The first-order valence-electron chi connectivity index (χ1n) is 7.82. The summed E-state index contributed by atoms with van der Waals surface area (Å²) in [6, 6.07) is 3.02. The zero-order valence-electron chi connectivity index (χ0n) is 14.8. The first kappa shape index (κ1) is 20.0. The number of nitrogens with zero attached hydrogens (tertiary/aromatic N) is 1. The lowest BCUT2D eigenvalue weighted by Crippen LogP contribution is -2.48. The SMILES string of the molecule is COc1cc(C)c(S(=O)(=O)N2CCSCC2COOC(C)=O)c(C)c1. The average molecular weight is 389 g/mol.